The van der Waals surface area contributed by atoms with Gasteiger partial charge in [0.15, 0.2) is 5.82 Å². The van der Waals surface area contributed by atoms with Crippen LogP contribution < -0.4 is 4.74 Å². The molecule has 1 atom stereocenters. The number of aryl methyl sites for hydroxylation is 1. The SMILES string of the molecule is CCCCCCc1ccc(-c2ncc(-c3ccc(OC(=O)CCC(C)CCC)cc3)cn2)cc1. The van der Waals surface area contributed by atoms with Gasteiger partial charge in [0.2, 0.25) is 0 Å². The number of hydrogen-bond donors (Lipinski definition) is 0. The Labute approximate surface area is 204 Å². The average molecular weight is 459 g/mol. The van der Waals surface area contributed by atoms with Crippen LogP contribution in [0.5, 0.6) is 5.75 Å². The van der Waals surface area contributed by atoms with Gasteiger partial charge in [-0.25, -0.2) is 9.97 Å². The third-order valence-electron chi connectivity index (χ3n) is 6.23. The topological polar surface area (TPSA) is 52.1 Å². The quantitative estimate of drug-likeness (QED) is 0.148. The number of carbonyl (C=O) groups is 1. The first-order chi connectivity index (χ1) is 16.6. The van der Waals surface area contributed by atoms with E-state index in [1.807, 2.05) is 36.7 Å². The Morgan fingerprint density at radius 2 is 1.47 bits per heavy atom. The summed E-state index contributed by atoms with van der Waals surface area (Å²) in [5.41, 5.74) is 4.32. The molecule has 1 unspecified atom stereocenters. The van der Waals surface area contributed by atoms with Crippen molar-refractivity contribution in [1.29, 1.82) is 0 Å². The normalized spacial score (nSPS) is 11.9. The highest BCUT2D eigenvalue weighted by atomic mass is 16.5. The van der Waals surface area contributed by atoms with Crippen molar-refractivity contribution >= 4 is 5.97 Å². The second-order valence-corrected chi connectivity index (χ2v) is 9.23. The molecule has 1 heterocycles. The minimum absolute atomic E-state index is 0.171. The molecule has 0 N–H and O–H groups in total. The average Bonchev–Trinajstić information content (AvgIpc) is 2.87. The molecule has 0 aliphatic rings. The molecule has 3 rings (SSSR count). The van der Waals surface area contributed by atoms with E-state index in [-0.39, 0.29) is 5.97 Å². The van der Waals surface area contributed by atoms with Gasteiger partial charge < -0.3 is 4.74 Å². The van der Waals surface area contributed by atoms with Crippen molar-refractivity contribution in [2.24, 2.45) is 5.92 Å². The molecule has 4 heteroatoms. The van der Waals surface area contributed by atoms with Crippen LogP contribution in [0.3, 0.4) is 0 Å². The summed E-state index contributed by atoms with van der Waals surface area (Å²) in [4.78, 5) is 21.2. The molecule has 0 radical (unpaired) electrons. The first-order valence-corrected chi connectivity index (χ1v) is 12.8. The second-order valence-electron chi connectivity index (χ2n) is 9.23. The molecule has 4 nitrogen and oxygen atoms in total. The van der Waals surface area contributed by atoms with Crippen LogP contribution in [0.4, 0.5) is 0 Å². The largest absolute Gasteiger partial charge is 0.427 e. The highest BCUT2D eigenvalue weighted by molar-refractivity contribution is 5.73. The zero-order chi connectivity index (χ0) is 24.2. The number of aromatic nitrogens is 2. The minimum Gasteiger partial charge on any atom is -0.427 e. The van der Waals surface area contributed by atoms with E-state index in [1.54, 1.807) is 0 Å². The monoisotopic (exact) mass is 458 g/mol. The molecule has 2 aromatic carbocycles. The molecule has 180 valence electrons. The van der Waals surface area contributed by atoms with Crippen molar-refractivity contribution in [2.45, 2.75) is 78.6 Å². The molecule has 1 aromatic heterocycles. The molecule has 0 spiro atoms. The molecular formula is C30H38N2O2. The van der Waals surface area contributed by atoms with E-state index in [0.29, 0.717) is 18.1 Å². The summed E-state index contributed by atoms with van der Waals surface area (Å²) in [6.07, 6.45) is 13.6. The smallest absolute Gasteiger partial charge is 0.311 e. The number of hydrogen-bond acceptors (Lipinski definition) is 4. The summed E-state index contributed by atoms with van der Waals surface area (Å²) in [6, 6.07) is 16.1. The van der Waals surface area contributed by atoms with Crippen LogP contribution in [0.15, 0.2) is 60.9 Å². The summed E-state index contributed by atoms with van der Waals surface area (Å²) in [7, 11) is 0. The van der Waals surface area contributed by atoms with E-state index in [9.17, 15) is 4.79 Å². The third kappa shape index (κ3) is 8.09. The minimum atomic E-state index is -0.171. The fourth-order valence-electron chi connectivity index (χ4n) is 4.10. The van der Waals surface area contributed by atoms with Crippen molar-refractivity contribution in [3.05, 3.63) is 66.5 Å². The van der Waals surface area contributed by atoms with Crippen molar-refractivity contribution in [3.63, 3.8) is 0 Å². The zero-order valence-corrected chi connectivity index (χ0v) is 20.9. The first-order valence-electron chi connectivity index (χ1n) is 12.8. The van der Waals surface area contributed by atoms with Crippen LogP contribution in [0.25, 0.3) is 22.5 Å². The molecule has 0 aliphatic heterocycles. The molecule has 3 aromatic rings. The number of ether oxygens (including phenoxy) is 1. The summed E-state index contributed by atoms with van der Waals surface area (Å²) in [5, 5.41) is 0. The van der Waals surface area contributed by atoms with E-state index in [4.69, 9.17) is 4.74 Å². The predicted molar refractivity (Wildman–Crippen MR) is 140 cm³/mol. The maximum Gasteiger partial charge on any atom is 0.311 e. The Balaban J connectivity index is 1.53. The number of benzene rings is 2. The molecule has 0 saturated heterocycles. The highest BCUT2D eigenvalue weighted by Gasteiger charge is 2.09. The lowest BCUT2D eigenvalue weighted by molar-refractivity contribution is -0.134. The fraction of sp³-hybridized carbons (Fsp3) is 0.433. The number of carbonyl (C=O) groups excluding carboxylic acids is 1. The molecule has 0 saturated carbocycles. The van der Waals surface area contributed by atoms with Gasteiger partial charge in [0.05, 0.1) is 0 Å². The summed E-state index contributed by atoms with van der Waals surface area (Å²) >= 11 is 0. The van der Waals surface area contributed by atoms with Crippen molar-refractivity contribution in [1.82, 2.24) is 9.97 Å². The van der Waals surface area contributed by atoms with Crippen LogP contribution in [0, 0.1) is 5.92 Å². The van der Waals surface area contributed by atoms with Gasteiger partial charge in [-0.15, -0.1) is 0 Å². The van der Waals surface area contributed by atoms with Gasteiger partial charge in [-0.2, -0.15) is 0 Å². The van der Waals surface area contributed by atoms with Gasteiger partial charge in [-0.3, -0.25) is 4.79 Å². The number of rotatable bonds is 13. The molecule has 0 fully saturated rings. The third-order valence-corrected chi connectivity index (χ3v) is 6.23. The summed E-state index contributed by atoms with van der Waals surface area (Å²) in [6.45, 7) is 6.59. The van der Waals surface area contributed by atoms with E-state index in [0.717, 1.165) is 48.2 Å². The lowest BCUT2D eigenvalue weighted by Crippen LogP contribution is -2.09. The van der Waals surface area contributed by atoms with Gasteiger partial charge >= 0.3 is 5.97 Å². The van der Waals surface area contributed by atoms with Crippen molar-refractivity contribution < 1.29 is 9.53 Å². The van der Waals surface area contributed by atoms with Gasteiger partial charge in [-0.1, -0.05) is 89.3 Å². The maximum absolute atomic E-state index is 12.1. The van der Waals surface area contributed by atoms with Crippen LogP contribution in [-0.2, 0) is 11.2 Å². The highest BCUT2D eigenvalue weighted by Crippen LogP contribution is 2.24. The molecule has 0 aliphatic carbocycles. The number of esters is 1. The van der Waals surface area contributed by atoms with Crippen LogP contribution in [0.2, 0.25) is 0 Å². The van der Waals surface area contributed by atoms with Gasteiger partial charge in [0.25, 0.3) is 0 Å². The van der Waals surface area contributed by atoms with Crippen LogP contribution >= 0.6 is 0 Å². The van der Waals surface area contributed by atoms with Gasteiger partial charge in [0.1, 0.15) is 5.75 Å². The lowest BCUT2D eigenvalue weighted by Gasteiger charge is -2.10. The van der Waals surface area contributed by atoms with Crippen LogP contribution in [0.1, 0.15) is 77.7 Å². The Bertz CT molecular complexity index is 995. The lowest BCUT2D eigenvalue weighted by atomic mass is 10.0. The standard InChI is InChI=1S/C30H38N2O2/c1-4-6-7-8-10-24-12-14-26(15-13-24)30-31-21-27(22-32-30)25-16-18-28(19-17-25)34-29(33)20-11-23(3)9-5-2/h12-19,21-23H,4-11,20H2,1-3H3. The van der Waals surface area contributed by atoms with Gasteiger partial charge in [0, 0.05) is 29.9 Å². The second kappa shape index (κ2) is 13.6. The maximum atomic E-state index is 12.1. The van der Waals surface area contributed by atoms with E-state index in [2.05, 4.69) is 55.0 Å². The Morgan fingerprint density at radius 3 is 2.12 bits per heavy atom. The Morgan fingerprint density at radius 1 is 0.794 bits per heavy atom. The van der Waals surface area contributed by atoms with Crippen molar-refractivity contribution in [3.8, 4) is 28.3 Å². The summed E-state index contributed by atoms with van der Waals surface area (Å²) < 4.78 is 5.49. The number of nitrogens with zero attached hydrogens (tertiary/aromatic N) is 2. The summed E-state index contributed by atoms with van der Waals surface area (Å²) in [5.74, 6) is 1.68. The Hall–Kier alpha value is -3.01. The zero-order valence-electron chi connectivity index (χ0n) is 20.9. The number of unbranched alkanes of at least 4 members (excludes halogenated alkanes) is 3. The van der Waals surface area contributed by atoms with E-state index >= 15 is 0 Å². The van der Waals surface area contributed by atoms with Crippen molar-refractivity contribution in [2.75, 3.05) is 0 Å². The van der Waals surface area contributed by atoms with E-state index < -0.39 is 0 Å². The Kier molecular flexibility index (Phi) is 10.3. The molecule has 0 amide bonds. The molecule has 34 heavy (non-hydrogen) atoms. The van der Waals surface area contributed by atoms with E-state index in [1.165, 1.54) is 31.2 Å². The predicted octanol–water partition coefficient (Wildman–Crippen LogP) is 8.06. The molecular weight excluding hydrogens is 420 g/mol. The van der Waals surface area contributed by atoms with Gasteiger partial charge in [-0.05, 0) is 48.4 Å². The first kappa shape index (κ1) is 25.6. The van der Waals surface area contributed by atoms with Crippen LogP contribution in [-0.4, -0.2) is 15.9 Å². The fourth-order valence-corrected chi connectivity index (χ4v) is 4.10. The molecule has 0 bridgehead atoms.